The third kappa shape index (κ3) is 5.28. The molecule has 16 heavy (non-hydrogen) atoms. The number of likely N-dealkylation sites (N-methyl/N-ethyl adjacent to an activating group) is 1. The monoisotopic (exact) mass is 229 g/mol. The van der Waals surface area contributed by atoms with Crippen LogP contribution in [0.5, 0.6) is 0 Å². The van der Waals surface area contributed by atoms with Gasteiger partial charge in [0.15, 0.2) is 0 Å². The summed E-state index contributed by atoms with van der Waals surface area (Å²) in [7, 11) is 2.04. The van der Waals surface area contributed by atoms with Gasteiger partial charge in [-0.2, -0.15) is 0 Å². The van der Waals surface area contributed by atoms with Crippen LogP contribution in [0.2, 0.25) is 0 Å². The van der Waals surface area contributed by atoms with Gasteiger partial charge in [-0.15, -0.1) is 0 Å². The zero-order valence-electron chi connectivity index (χ0n) is 10.6. The number of nitrogens with one attached hydrogen (secondary N) is 1. The van der Waals surface area contributed by atoms with Crippen LogP contribution in [0.3, 0.4) is 0 Å². The molecular formula is C13H27NO2. The normalized spacial score (nSPS) is 25.9. The fourth-order valence-electron chi connectivity index (χ4n) is 2.43. The van der Waals surface area contributed by atoms with Crippen molar-refractivity contribution in [3.63, 3.8) is 0 Å². The van der Waals surface area contributed by atoms with Crippen molar-refractivity contribution in [2.24, 2.45) is 0 Å². The van der Waals surface area contributed by atoms with Gasteiger partial charge in [0, 0.05) is 19.3 Å². The van der Waals surface area contributed by atoms with Crippen LogP contribution in [0, 0.1) is 0 Å². The minimum Gasteiger partial charge on any atom is -0.396 e. The second-order valence-electron chi connectivity index (χ2n) is 4.73. The average Bonchev–Trinajstić information content (AvgIpc) is 2.34. The van der Waals surface area contributed by atoms with Crippen LogP contribution >= 0.6 is 0 Å². The molecule has 1 saturated carbocycles. The highest BCUT2D eigenvalue weighted by Crippen LogP contribution is 2.21. The van der Waals surface area contributed by atoms with Crippen LogP contribution in [0.1, 0.15) is 51.4 Å². The first-order valence-electron chi connectivity index (χ1n) is 6.78. The highest BCUT2D eigenvalue weighted by molar-refractivity contribution is 4.80. The van der Waals surface area contributed by atoms with Gasteiger partial charge in [-0.05, 0) is 32.7 Å². The summed E-state index contributed by atoms with van der Waals surface area (Å²) in [4.78, 5) is 0. The summed E-state index contributed by atoms with van der Waals surface area (Å²) in [6.45, 7) is 1.21. The number of hydrogen-bond acceptors (Lipinski definition) is 3. The van der Waals surface area contributed by atoms with Gasteiger partial charge in [0.1, 0.15) is 0 Å². The van der Waals surface area contributed by atoms with Gasteiger partial charge in [-0.3, -0.25) is 0 Å². The van der Waals surface area contributed by atoms with Gasteiger partial charge >= 0.3 is 0 Å². The van der Waals surface area contributed by atoms with E-state index in [9.17, 15) is 0 Å². The van der Waals surface area contributed by atoms with E-state index in [1.807, 2.05) is 7.05 Å². The van der Waals surface area contributed by atoms with Crippen molar-refractivity contribution in [2.75, 3.05) is 20.3 Å². The summed E-state index contributed by atoms with van der Waals surface area (Å²) >= 11 is 0. The Bertz CT molecular complexity index is 164. The number of aliphatic hydroxyl groups is 1. The number of unbranched alkanes of at least 4 members (excludes halogenated alkanes) is 3. The summed E-state index contributed by atoms with van der Waals surface area (Å²) in [5.74, 6) is 0. The highest BCUT2D eigenvalue weighted by Gasteiger charge is 2.23. The fraction of sp³-hybridized carbons (Fsp3) is 1.00. The predicted octanol–water partition coefficient (Wildman–Crippen LogP) is 2.09. The first-order valence-corrected chi connectivity index (χ1v) is 6.78. The van der Waals surface area contributed by atoms with E-state index in [-0.39, 0.29) is 0 Å². The summed E-state index contributed by atoms with van der Waals surface area (Å²) < 4.78 is 5.94. The molecule has 2 atom stereocenters. The van der Waals surface area contributed by atoms with Crippen molar-refractivity contribution in [1.29, 1.82) is 0 Å². The van der Waals surface area contributed by atoms with E-state index in [2.05, 4.69) is 5.32 Å². The third-order valence-corrected chi connectivity index (χ3v) is 3.46. The van der Waals surface area contributed by atoms with E-state index >= 15 is 0 Å². The molecule has 0 heterocycles. The van der Waals surface area contributed by atoms with Gasteiger partial charge < -0.3 is 15.2 Å². The molecule has 1 aliphatic rings. The molecule has 1 aliphatic carbocycles. The van der Waals surface area contributed by atoms with Gasteiger partial charge in [-0.1, -0.05) is 25.7 Å². The first-order chi connectivity index (χ1) is 7.88. The van der Waals surface area contributed by atoms with Gasteiger partial charge in [0.2, 0.25) is 0 Å². The maximum Gasteiger partial charge on any atom is 0.0727 e. The second-order valence-corrected chi connectivity index (χ2v) is 4.73. The Morgan fingerprint density at radius 1 is 1.12 bits per heavy atom. The Morgan fingerprint density at radius 2 is 1.88 bits per heavy atom. The van der Waals surface area contributed by atoms with Gasteiger partial charge in [0.05, 0.1) is 6.10 Å². The van der Waals surface area contributed by atoms with E-state index in [1.165, 1.54) is 32.1 Å². The molecule has 0 aromatic carbocycles. The van der Waals surface area contributed by atoms with Crippen LogP contribution in [0.15, 0.2) is 0 Å². The minimum atomic E-state index is 0.325. The maximum absolute atomic E-state index is 8.65. The third-order valence-electron chi connectivity index (χ3n) is 3.46. The lowest BCUT2D eigenvalue weighted by atomic mass is 9.92. The Balaban J connectivity index is 2.02. The topological polar surface area (TPSA) is 41.5 Å². The van der Waals surface area contributed by atoms with Crippen molar-refractivity contribution in [3.05, 3.63) is 0 Å². The van der Waals surface area contributed by atoms with Crippen LogP contribution in [-0.4, -0.2) is 37.5 Å². The molecule has 0 aliphatic heterocycles. The second kappa shape index (κ2) is 8.97. The maximum atomic E-state index is 8.65. The molecule has 0 aromatic heterocycles. The SMILES string of the molecule is CNC1CCCCC1OCCCCCCO. The predicted molar refractivity (Wildman–Crippen MR) is 66.6 cm³/mol. The molecule has 3 heteroatoms. The summed E-state index contributed by atoms with van der Waals surface area (Å²) in [5.41, 5.74) is 0. The van der Waals surface area contributed by atoms with Gasteiger partial charge in [0.25, 0.3) is 0 Å². The zero-order valence-corrected chi connectivity index (χ0v) is 10.6. The van der Waals surface area contributed by atoms with E-state index in [1.54, 1.807) is 0 Å². The van der Waals surface area contributed by atoms with Crippen molar-refractivity contribution in [1.82, 2.24) is 5.32 Å². The lowest BCUT2D eigenvalue weighted by molar-refractivity contribution is 0.00524. The zero-order chi connectivity index (χ0) is 11.6. The minimum absolute atomic E-state index is 0.325. The Kier molecular flexibility index (Phi) is 7.81. The number of ether oxygens (including phenoxy) is 1. The lowest BCUT2D eigenvalue weighted by Crippen LogP contribution is -2.41. The quantitative estimate of drug-likeness (QED) is 0.626. The Hall–Kier alpha value is -0.120. The molecule has 96 valence electrons. The Labute approximate surface area is 99.6 Å². The van der Waals surface area contributed by atoms with Crippen LogP contribution < -0.4 is 5.32 Å². The van der Waals surface area contributed by atoms with Crippen molar-refractivity contribution in [3.8, 4) is 0 Å². The number of aliphatic hydroxyl groups excluding tert-OH is 1. The molecule has 0 saturated heterocycles. The fourth-order valence-corrected chi connectivity index (χ4v) is 2.43. The van der Waals surface area contributed by atoms with Crippen molar-refractivity contribution >= 4 is 0 Å². The first kappa shape index (κ1) is 13.9. The van der Waals surface area contributed by atoms with Crippen molar-refractivity contribution < 1.29 is 9.84 Å². The number of rotatable bonds is 8. The largest absolute Gasteiger partial charge is 0.396 e. The molecule has 0 bridgehead atoms. The van der Waals surface area contributed by atoms with E-state index < -0.39 is 0 Å². The molecule has 0 aromatic rings. The smallest absolute Gasteiger partial charge is 0.0727 e. The van der Waals surface area contributed by atoms with Crippen molar-refractivity contribution in [2.45, 2.75) is 63.5 Å². The summed E-state index contributed by atoms with van der Waals surface area (Å²) in [5, 5.41) is 12.0. The molecule has 2 N–H and O–H groups in total. The average molecular weight is 229 g/mol. The van der Waals surface area contributed by atoms with E-state index in [0.717, 1.165) is 25.9 Å². The lowest BCUT2D eigenvalue weighted by Gasteiger charge is -2.31. The molecule has 0 amide bonds. The van der Waals surface area contributed by atoms with Crippen LogP contribution in [0.4, 0.5) is 0 Å². The van der Waals surface area contributed by atoms with Crippen LogP contribution in [0.25, 0.3) is 0 Å². The van der Waals surface area contributed by atoms with Gasteiger partial charge in [-0.25, -0.2) is 0 Å². The molecule has 1 fully saturated rings. The molecule has 0 spiro atoms. The molecule has 1 rings (SSSR count). The van der Waals surface area contributed by atoms with Crippen LogP contribution in [-0.2, 0) is 4.74 Å². The van der Waals surface area contributed by atoms with E-state index in [4.69, 9.17) is 9.84 Å². The molecular weight excluding hydrogens is 202 g/mol. The Morgan fingerprint density at radius 3 is 2.62 bits per heavy atom. The standard InChI is InChI=1S/C13H27NO2/c1-14-12-8-4-5-9-13(12)16-11-7-3-2-6-10-15/h12-15H,2-11H2,1H3. The summed E-state index contributed by atoms with van der Waals surface area (Å²) in [6.07, 6.45) is 9.91. The molecule has 3 nitrogen and oxygen atoms in total. The van der Waals surface area contributed by atoms with E-state index in [0.29, 0.717) is 18.8 Å². The molecule has 2 unspecified atom stereocenters. The number of hydrogen-bond donors (Lipinski definition) is 2. The highest BCUT2D eigenvalue weighted by atomic mass is 16.5. The summed E-state index contributed by atoms with van der Waals surface area (Å²) in [6, 6.07) is 0.561. The molecule has 0 radical (unpaired) electrons.